The van der Waals surface area contributed by atoms with Crippen molar-refractivity contribution in [2.24, 2.45) is 0 Å². The van der Waals surface area contributed by atoms with Gasteiger partial charge in [-0.3, -0.25) is 4.79 Å². The molecule has 0 atom stereocenters. The number of fused-ring (bicyclic) bond motifs is 1. The van der Waals surface area contributed by atoms with Gasteiger partial charge in [0.15, 0.2) is 12.1 Å². The summed E-state index contributed by atoms with van der Waals surface area (Å²) in [6.07, 6.45) is 0.217. The summed E-state index contributed by atoms with van der Waals surface area (Å²) in [6.45, 7) is 0. The Labute approximate surface area is 71.8 Å². The first-order valence-electron chi connectivity index (χ1n) is 3.55. The van der Waals surface area contributed by atoms with Crippen LogP contribution < -0.4 is 0 Å². The average molecular weight is 182 g/mol. The predicted molar refractivity (Wildman–Crippen MR) is 41.5 cm³/mol. The van der Waals surface area contributed by atoms with Crippen molar-refractivity contribution in [2.45, 2.75) is 0 Å². The van der Waals surface area contributed by atoms with Crippen LogP contribution >= 0.6 is 0 Å². The van der Waals surface area contributed by atoms with Crippen LogP contribution in [0.2, 0.25) is 0 Å². The van der Waals surface area contributed by atoms with Crippen LogP contribution in [0.1, 0.15) is 10.6 Å². The Hall–Kier alpha value is -1.71. The molecule has 0 saturated carbocycles. The quantitative estimate of drug-likeness (QED) is 0.634. The molecule has 0 fully saturated rings. The Bertz CT molecular complexity index is 474. The average Bonchev–Trinajstić information content (AvgIpc) is 2.44. The molecule has 2 nitrogen and oxygen atoms in total. The van der Waals surface area contributed by atoms with Gasteiger partial charge >= 0.3 is 0 Å². The van der Waals surface area contributed by atoms with E-state index in [0.717, 1.165) is 6.07 Å². The van der Waals surface area contributed by atoms with Crippen molar-refractivity contribution in [2.75, 3.05) is 0 Å². The molecule has 2 rings (SSSR count). The number of benzene rings is 1. The fraction of sp³-hybridized carbons (Fsp3) is 0. The monoisotopic (exact) mass is 182 g/mol. The summed E-state index contributed by atoms with van der Waals surface area (Å²) in [5, 5.41) is -0.274. The van der Waals surface area contributed by atoms with E-state index in [1.165, 1.54) is 12.1 Å². The maximum atomic E-state index is 13.1. The Morgan fingerprint density at radius 1 is 1.31 bits per heavy atom. The van der Waals surface area contributed by atoms with Crippen molar-refractivity contribution in [1.82, 2.24) is 0 Å². The summed E-state index contributed by atoms with van der Waals surface area (Å²) in [5.41, 5.74) is 0.0413. The molecular weight excluding hydrogens is 178 g/mol. The van der Waals surface area contributed by atoms with Crippen LogP contribution in [0.15, 0.2) is 22.6 Å². The van der Waals surface area contributed by atoms with Gasteiger partial charge in [0.2, 0.25) is 5.76 Å². The maximum absolute atomic E-state index is 13.1. The SMILES string of the molecule is O=Cc1oc2cccc(F)c2c1F. The van der Waals surface area contributed by atoms with Gasteiger partial charge in [-0.15, -0.1) is 0 Å². The van der Waals surface area contributed by atoms with Crippen LogP contribution in [0.25, 0.3) is 11.0 Å². The highest BCUT2D eigenvalue weighted by atomic mass is 19.1. The number of halogens is 2. The number of carbonyl (C=O) groups is 1. The van der Waals surface area contributed by atoms with E-state index in [0.29, 0.717) is 0 Å². The third kappa shape index (κ3) is 1.02. The van der Waals surface area contributed by atoms with Crippen LogP contribution in [0.4, 0.5) is 8.78 Å². The molecule has 4 heteroatoms. The van der Waals surface area contributed by atoms with Crippen LogP contribution in [-0.2, 0) is 0 Å². The molecular formula is C9H4F2O2. The van der Waals surface area contributed by atoms with Gasteiger partial charge < -0.3 is 4.42 Å². The second-order valence-corrected chi connectivity index (χ2v) is 2.51. The molecule has 0 aliphatic heterocycles. The molecule has 0 aliphatic rings. The molecule has 0 spiro atoms. The molecule has 0 unspecified atom stereocenters. The van der Waals surface area contributed by atoms with Crippen LogP contribution in [-0.4, -0.2) is 6.29 Å². The highest BCUT2D eigenvalue weighted by Gasteiger charge is 2.16. The Morgan fingerprint density at radius 3 is 2.69 bits per heavy atom. The van der Waals surface area contributed by atoms with Gasteiger partial charge in [0, 0.05) is 0 Å². The van der Waals surface area contributed by atoms with Crippen molar-refractivity contribution in [3.63, 3.8) is 0 Å². The van der Waals surface area contributed by atoms with Gasteiger partial charge in [-0.2, -0.15) is 0 Å². The molecule has 66 valence electrons. The largest absolute Gasteiger partial charge is 0.450 e. The summed E-state index contributed by atoms with van der Waals surface area (Å²) < 4.78 is 30.9. The molecule has 1 aromatic heterocycles. The minimum atomic E-state index is -0.942. The molecule has 1 aromatic carbocycles. The van der Waals surface area contributed by atoms with E-state index in [9.17, 15) is 13.6 Å². The number of furan rings is 1. The van der Waals surface area contributed by atoms with E-state index in [-0.39, 0.29) is 17.3 Å². The van der Waals surface area contributed by atoms with Gasteiger partial charge in [0.25, 0.3) is 0 Å². The lowest BCUT2D eigenvalue weighted by atomic mass is 10.2. The number of aldehydes is 1. The Kier molecular flexibility index (Phi) is 1.62. The summed E-state index contributed by atoms with van der Waals surface area (Å²) in [7, 11) is 0. The standard InChI is InChI=1S/C9H4F2O2/c10-5-2-1-3-6-8(5)9(11)7(4-12)13-6/h1-4H. The number of carbonyl (C=O) groups excluding carboxylic acids is 1. The first-order chi connectivity index (χ1) is 6.24. The van der Waals surface area contributed by atoms with E-state index >= 15 is 0 Å². The molecule has 0 N–H and O–H groups in total. The topological polar surface area (TPSA) is 30.2 Å². The van der Waals surface area contributed by atoms with Crippen LogP contribution in [0.5, 0.6) is 0 Å². The van der Waals surface area contributed by atoms with Gasteiger partial charge in [-0.1, -0.05) is 6.07 Å². The lowest BCUT2D eigenvalue weighted by Gasteiger charge is -1.88. The molecule has 13 heavy (non-hydrogen) atoms. The van der Waals surface area contributed by atoms with Crippen molar-refractivity contribution in [3.05, 3.63) is 35.6 Å². The van der Waals surface area contributed by atoms with E-state index in [4.69, 9.17) is 4.42 Å². The van der Waals surface area contributed by atoms with E-state index < -0.39 is 17.4 Å². The zero-order chi connectivity index (χ0) is 9.42. The summed E-state index contributed by atoms with van der Waals surface area (Å²) in [6, 6.07) is 3.89. The molecule has 0 bridgehead atoms. The Morgan fingerprint density at radius 2 is 2.08 bits per heavy atom. The molecule has 1 heterocycles. The smallest absolute Gasteiger partial charge is 0.203 e. The van der Waals surface area contributed by atoms with Gasteiger partial charge in [0.05, 0.1) is 5.39 Å². The molecule has 0 radical (unpaired) electrons. The number of hydrogen-bond donors (Lipinski definition) is 0. The third-order valence-corrected chi connectivity index (χ3v) is 1.74. The molecule has 0 aliphatic carbocycles. The van der Waals surface area contributed by atoms with Gasteiger partial charge in [0.1, 0.15) is 11.4 Å². The molecule has 2 aromatic rings. The van der Waals surface area contributed by atoms with E-state index in [2.05, 4.69) is 0 Å². The summed E-state index contributed by atoms with van der Waals surface area (Å²) in [4.78, 5) is 10.3. The first-order valence-corrected chi connectivity index (χ1v) is 3.55. The minimum absolute atomic E-state index is 0.0413. The van der Waals surface area contributed by atoms with Crippen molar-refractivity contribution >= 4 is 17.3 Å². The maximum Gasteiger partial charge on any atom is 0.203 e. The van der Waals surface area contributed by atoms with E-state index in [1.807, 2.05) is 0 Å². The normalized spacial score (nSPS) is 10.6. The first kappa shape index (κ1) is 7.91. The van der Waals surface area contributed by atoms with Gasteiger partial charge in [-0.05, 0) is 12.1 Å². The number of rotatable bonds is 1. The lowest BCUT2D eigenvalue weighted by Crippen LogP contribution is -1.81. The Balaban J connectivity index is 2.92. The van der Waals surface area contributed by atoms with E-state index in [1.54, 1.807) is 0 Å². The fourth-order valence-electron chi connectivity index (χ4n) is 1.16. The molecule has 0 saturated heterocycles. The lowest BCUT2D eigenvalue weighted by molar-refractivity contribution is 0.109. The van der Waals surface area contributed by atoms with Crippen molar-refractivity contribution in [3.8, 4) is 0 Å². The number of hydrogen-bond acceptors (Lipinski definition) is 2. The van der Waals surface area contributed by atoms with Crippen LogP contribution in [0.3, 0.4) is 0 Å². The summed E-state index contributed by atoms with van der Waals surface area (Å²) >= 11 is 0. The molecule has 0 amide bonds. The fourth-order valence-corrected chi connectivity index (χ4v) is 1.16. The second-order valence-electron chi connectivity index (χ2n) is 2.51. The zero-order valence-electron chi connectivity index (χ0n) is 6.38. The van der Waals surface area contributed by atoms with Gasteiger partial charge in [-0.25, -0.2) is 8.78 Å². The highest BCUT2D eigenvalue weighted by molar-refractivity contribution is 5.86. The second kappa shape index (κ2) is 2.65. The van der Waals surface area contributed by atoms with Crippen LogP contribution in [0, 0.1) is 11.6 Å². The summed E-state index contributed by atoms with van der Waals surface area (Å²) in [5.74, 6) is -2.14. The highest BCUT2D eigenvalue weighted by Crippen LogP contribution is 2.25. The van der Waals surface area contributed by atoms with Crippen molar-refractivity contribution in [1.29, 1.82) is 0 Å². The third-order valence-electron chi connectivity index (χ3n) is 1.74. The minimum Gasteiger partial charge on any atom is -0.450 e. The van der Waals surface area contributed by atoms with Crippen molar-refractivity contribution < 1.29 is 18.0 Å². The zero-order valence-corrected chi connectivity index (χ0v) is 6.38. The predicted octanol–water partition coefficient (Wildman–Crippen LogP) is 2.52.